The molecule has 0 amide bonds. The molecular weight excluding hydrogens is 429 g/mol. The van der Waals surface area contributed by atoms with Crippen LogP contribution in [0.25, 0.3) is 0 Å². The molecule has 0 aliphatic heterocycles. The quantitative estimate of drug-likeness (QED) is 0.422. The van der Waals surface area contributed by atoms with Crippen LogP contribution in [-0.4, -0.2) is 38.2 Å². The van der Waals surface area contributed by atoms with Crippen LogP contribution in [-0.2, 0) is 9.73 Å². The standard InChI is InChI=1S/C23H24FN5O2S/c1-15-11-17(8-10-21(15)24)7-9-18-13-26-23(29-22(18)27-16(2)14-30)28-19-5-4-6-20(12-19)32(3,25)31/h4-6,8,10-13,16,25,30H,14H2,1-3H3,(H2,26,27,28,29)/t16-,32?/m1/s1. The number of benzene rings is 2. The lowest BCUT2D eigenvalue weighted by Gasteiger charge is -2.14. The van der Waals surface area contributed by atoms with Crippen LogP contribution < -0.4 is 10.6 Å². The van der Waals surface area contributed by atoms with Crippen LogP contribution in [0.1, 0.15) is 23.6 Å². The summed E-state index contributed by atoms with van der Waals surface area (Å²) in [4.78, 5) is 9.16. The van der Waals surface area contributed by atoms with Crippen LogP contribution in [0.3, 0.4) is 0 Å². The number of rotatable bonds is 6. The van der Waals surface area contributed by atoms with Crippen LogP contribution in [0.5, 0.6) is 0 Å². The van der Waals surface area contributed by atoms with E-state index >= 15 is 0 Å². The van der Waals surface area contributed by atoms with E-state index in [-0.39, 0.29) is 24.4 Å². The predicted molar refractivity (Wildman–Crippen MR) is 124 cm³/mol. The number of nitrogens with zero attached hydrogens (tertiary/aromatic N) is 2. The Balaban J connectivity index is 1.93. The van der Waals surface area contributed by atoms with Crippen molar-refractivity contribution in [1.82, 2.24) is 9.97 Å². The van der Waals surface area contributed by atoms with Gasteiger partial charge in [-0.05, 0) is 55.8 Å². The van der Waals surface area contributed by atoms with Crippen molar-refractivity contribution in [2.45, 2.75) is 24.8 Å². The number of nitrogens with one attached hydrogen (secondary N) is 3. The van der Waals surface area contributed by atoms with Gasteiger partial charge in [-0.25, -0.2) is 18.4 Å². The van der Waals surface area contributed by atoms with Gasteiger partial charge in [0.25, 0.3) is 0 Å². The number of halogens is 1. The second kappa shape index (κ2) is 9.77. The maximum atomic E-state index is 13.5. The fourth-order valence-corrected chi connectivity index (χ4v) is 3.42. The molecule has 0 saturated heterocycles. The molecule has 166 valence electrons. The highest BCUT2D eigenvalue weighted by Crippen LogP contribution is 2.21. The van der Waals surface area contributed by atoms with Crippen molar-refractivity contribution in [1.29, 1.82) is 4.78 Å². The second-order valence-electron chi connectivity index (χ2n) is 7.39. The smallest absolute Gasteiger partial charge is 0.229 e. The topological polar surface area (TPSA) is 111 Å². The molecule has 3 aromatic rings. The highest BCUT2D eigenvalue weighted by molar-refractivity contribution is 7.91. The maximum Gasteiger partial charge on any atom is 0.229 e. The normalized spacial score (nSPS) is 13.4. The number of hydrogen-bond donors (Lipinski definition) is 4. The van der Waals surface area contributed by atoms with Crippen molar-refractivity contribution in [3.63, 3.8) is 0 Å². The molecule has 2 atom stereocenters. The molecule has 7 nitrogen and oxygen atoms in total. The number of hydrogen-bond acceptors (Lipinski definition) is 7. The largest absolute Gasteiger partial charge is 0.394 e. The minimum absolute atomic E-state index is 0.104. The van der Waals surface area contributed by atoms with E-state index in [0.717, 1.165) is 0 Å². The van der Waals surface area contributed by atoms with Crippen LogP contribution in [0.4, 0.5) is 21.8 Å². The molecule has 2 aromatic carbocycles. The van der Waals surface area contributed by atoms with Crippen molar-refractivity contribution in [3.05, 3.63) is 71.2 Å². The number of aryl methyl sites for hydroxylation is 1. The van der Waals surface area contributed by atoms with Crippen molar-refractivity contribution >= 4 is 27.2 Å². The number of aliphatic hydroxyl groups excluding tert-OH is 1. The molecule has 1 heterocycles. The van der Waals surface area contributed by atoms with Gasteiger partial charge in [0.05, 0.1) is 28.1 Å². The first kappa shape index (κ1) is 23.2. The Bertz CT molecular complexity index is 1300. The summed E-state index contributed by atoms with van der Waals surface area (Å²) in [6.45, 7) is 3.37. The first-order chi connectivity index (χ1) is 15.2. The zero-order valence-corrected chi connectivity index (χ0v) is 18.8. The molecule has 32 heavy (non-hydrogen) atoms. The zero-order valence-electron chi connectivity index (χ0n) is 17.9. The second-order valence-corrected chi connectivity index (χ2v) is 9.55. The first-order valence-corrected chi connectivity index (χ1v) is 11.8. The van der Waals surface area contributed by atoms with Gasteiger partial charge in [0.1, 0.15) is 11.6 Å². The summed E-state index contributed by atoms with van der Waals surface area (Å²) >= 11 is 0. The Labute approximate surface area is 187 Å². The molecule has 0 spiro atoms. The molecule has 0 aliphatic rings. The Morgan fingerprint density at radius 2 is 2.03 bits per heavy atom. The SMILES string of the molecule is Cc1cc(C#Cc2cnc(Nc3cccc(S(C)(=N)=O)c3)nc2N[C@H](C)CO)ccc1F. The van der Waals surface area contributed by atoms with E-state index in [1.165, 1.54) is 12.3 Å². The van der Waals surface area contributed by atoms with Crippen molar-refractivity contribution in [2.75, 3.05) is 23.5 Å². The summed E-state index contributed by atoms with van der Waals surface area (Å²) in [6, 6.07) is 11.1. The number of anilines is 3. The van der Waals surface area contributed by atoms with Gasteiger partial charge in [-0.1, -0.05) is 17.9 Å². The molecule has 0 bridgehead atoms. The first-order valence-electron chi connectivity index (χ1n) is 9.79. The molecule has 0 aliphatic carbocycles. The van der Waals surface area contributed by atoms with Gasteiger partial charge in [0, 0.05) is 28.4 Å². The minimum Gasteiger partial charge on any atom is -0.394 e. The van der Waals surface area contributed by atoms with Gasteiger partial charge in [0.2, 0.25) is 5.95 Å². The van der Waals surface area contributed by atoms with E-state index in [1.807, 2.05) is 0 Å². The van der Waals surface area contributed by atoms with Gasteiger partial charge in [-0.2, -0.15) is 4.98 Å². The van der Waals surface area contributed by atoms with Gasteiger partial charge >= 0.3 is 0 Å². The van der Waals surface area contributed by atoms with E-state index in [9.17, 15) is 13.7 Å². The van der Waals surface area contributed by atoms with Crippen LogP contribution >= 0.6 is 0 Å². The average Bonchev–Trinajstić information content (AvgIpc) is 2.75. The monoisotopic (exact) mass is 453 g/mol. The molecule has 0 saturated carbocycles. The fourth-order valence-electron chi connectivity index (χ4n) is 2.73. The van der Waals surface area contributed by atoms with Gasteiger partial charge in [-0.15, -0.1) is 0 Å². The van der Waals surface area contributed by atoms with Gasteiger partial charge < -0.3 is 15.7 Å². The lowest BCUT2D eigenvalue weighted by Crippen LogP contribution is -2.21. The van der Waals surface area contributed by atoms with E-state index in [1.54, 1.807) is 56.4 Å². The van der Waals surface area contributed by atoms with Gasteiger partial charge in [0.15, 0.2) is 0 Å². The zero-order chi connectivity index (χ0) is 23.3. The minimum atomic E-state index is -2.85. The van der Waals surface area contributed by atoms with Crippen molar-refractivity contribution in [3.8, 4) is 11.8 Å². The third-order valence-corrected chi connectivity index (χ3v) is 5.64. The van der Waals surface area contributed by atoms with Gasteiger partial charge in [-0.3, -0.25) is 0 Å². The molecule has 1 aromatic heterocycles. The number of aromatic nitrogens is 2. The highest BCUT2D eigenvalue weighted by atomic mass is 32.2. The van der Waals surface area contributed by atoms with E-state index in [2.05, 4.69) is 32.4 Å². The van der Waals surface area contributed by atoms with Crippen LogP contribution in [0.2, 0.25) is 0 Å². The summed E-state index contributed by atoms with van der Waals surface area (Å²) < 4.78 is 33.3. The third kappa shape index (κ3) is 6.03. The average molecular weight is 454 g/mol. The Morgan fingerprint density at radius 1 is 1.25 bits per heavy atom. The lowest BCUT2D eigenvalue weighted by molar-refractivity contribution is 0.281. The van der Waals surface area contributed by atoms with Crippen LogP contribution in [0.15, 0.2) is 53.6 Å². The van der Waals surface area contributed by atoms with Crippen molar-refractivity contribution < 1.29 is 13.7 Å². The molecule has 3 rings (SSSR count). The Hall–Kier alpha value is -3.48. The molecule has 9 heteroatoms. The van der Waals surface area contributed by atoms with E-state index in [4.69, 9.17) is 4.78 Å². The van der Waals surface area contributed by atoms with Crippen molar-refractivity contribution in [2.24, 2.45) is 0 Å². The Kier molecular flexibility index (Phi) is 7.08. The lowest BCUT2D eigenvalue weighted by atomic mass is 10.1. The molecule has 1 unspecified atom stereocenters. The molecule has 0 radical (unpaired) electrons. The summed E-state index contributed by atoms with van der Waals surface area (Å²) in [7, 11) is -2.85. The van der Waals surface area contributed by atoms with Crippen LogP contribution in [0, 0.1) is 29.4 Å². The highest BCUT2D eigenvalue weighted by Gasteiger charge is 2.10. The van der Waals surface area contributed by atoms with E-state index in [0.29, 0.717) is 33.1 Å². The van der Waals surface area contributed by atoms with E-state index < -0.39 is 9.73 Å². The molecule has 4 N–H and O–H groups in total. The summed E-state index contributed by atoms with van der Waals surface area (Å²) in [5, 5.41) is 15.6. The summed E-state index contributed by atoms with van der Waals surface area (Å²) in [6.07, 6.45) is 2.90. The predicted octanol–water partition coefficient (Wildman–Crippen LogP) is 3.90. The fraction of sp³-hybridized carbons (Fsp3) is 0.217. The third-order valence-electron chi connectivity index (χ3n) is 4.49. The Morgan fingerprint density at radius 3 is 2.72 bits per heavy atom. The number of aliphatic hydroxyl groups is 1. The molecule has 0 fully saturated rings. The summed E-state index contributed by atoms with van der Waals surface area (Å²) in [5.41, 5.74) is 2.26. The maximum absolute atomic E-state index is 13.5. The molecular formula is C23H24FN5O2S. The summed E-state index contributed by atoms with van der Waals surface area (Å²) in [5.74, 6) is 6.38.